The lowest BCUT2D eigenvalue weighted by Gasteiger charge is -2.17. The fourth-order valence-electron chi connectivity index (χ4n) is 3.16. The van der Waals surface area contributed by atoms with E-state index in [1.807, 2.05) is 36.0 Å². The molecule has 0 unspecified atom stereocenters. The minimum absolute atomic E-state index is 0.328. The molecule has 0 amide bonds. The third-order valence-electron chi connectivity index (χ3n) is 4.36. The molecule has 0 saturated carbocycles. The molecule has 7 heteroatoms. The summed E-state index contributed by atoms with van der Waals surface area (Å²) in [4.78, 5) is 2.25. The third kappa shape index (κ3) is 2.55. The Morgan fingerprint density at radius 3 is 2.71 bits per heavy atom. The van der Waals surface area contributed by atoms with Gasteiger partial charge in [0.2, 0.25) is 0 Å². The lowest BCUT2D eigenvalue weighted by molar-refractivity contribution is 0.499. The van der Waals surface area contributed by atoms with E-state index in [9.17, 15) is 0 Å². The normalized spacial score (nSPS) is 13.8. The highest BCUT2D eigenvalue weighted by molar-refractivity contribution is 5.46. The van der Waals surface area contributed by atoms with E-state index in [1.165, 1.54) is 11.3 Å². The zero-order valence-corrected chi connectivity index (χ0v) is 14.2. The van der Waals surface area contributed by atoms with Gasteiger partial charge in [0.15, 0.2) is 5.82 Å². The van der Waals surface area contributed by atoms with Crippen molar-refractivity contribution in [1.29, 1.82) is 0 Å². The SMILES string of the molecule is Cc1ccc(N2Cc3c(Cn4cccn4)nn(C(C)C)c3C2)nn1. The van der Waals surface area contributed by atoms with Crippen molar-refractivity contribution in [3.05, 3.63) is 53.2 Å². The summed E-state index contributed by atoms with van der Waals surface area (Å²) in [5.74, 6) is 0.914. The molecule has 0 atom stereocenters. The molecule has 4 rings (SSSR count). The molecule has 0 bridgehead atoms. The number of anilines is 1. The van der Waals surface area contributed by atoms with Gasteiger partial charge >= 0.3 is 0 Å². The van der Waals surface area contributed by atoms with Crippen LogP contribution in [0.15, 0.2) is 30.6 Å². The van der Waals surface area contributed by atoms with Gasteiger partial charge in [0.25, 0.3) is 0 Å². The molecule has 0 aliphatic carbocycles. The van der Waals surface area contributed by atoms with Crippen LogP contribution >= 0.6 is 0 Å². The molecule has 3 aromatic heterocycles. The van der Waals surface area contributed by atoms with Gasteiger partial charge in [0.05, 0.1) is 30.2 Å². The highest BCUT2D eigenvalue weighted by atomic mass is 15.4. The molecule has 0 fully saturated rings. The van der Waals surface area contributed by atoms with E-state index in [4.69, 9.17) is 5.10 Å². The minimum atomic E-state index is 0.328. The molecule has 0 radical (unpaired) electrons. The van der Waals surface area contributed by atoms with Crippen molar-refractivity contribution in [2.24, 2.45) is 0 Å². The zero-order chi connectivity index (χ0) is 16.7. The molecule has 7 nitrogen and oxygen atoms in total. The van der Waals surface area contributed by atoms with E-state index < -0.39 is 0 Å². The van der Waals surface area contributed by atoms with E-state index in [0.717, 1.165) is 30.3 Å². The summed E-state index contributed by atoms with van der Waals surface area (Å²) in [5, 5.41) is 17.7. The van der Waals surface area contributed by atoms with Crippen LogP contribution in [0.1, 0.15) is 42.5 Å². The Labute approximate surface area is 140 Å². The average Bonchev–Trinajstić information content (AvgIpc) is 3.26. The van der Waals surface area contributed by atoms with Crippen LogP contribution in [0.3, 0.4) is 0 Å². The van der Waals surface area contributed by atoms with Crippen molar-refractivity contribution in [3.8, 4) is 0 Å². The molecule has 1 aliphatic rings. The Morgan fingerprint density at radius 2 is 2.04 bits per heavy atom. The van der Waals surface area contributed by atoms with E-state index >= 15 is 0 Å². The van der Waals surface area contributed by atoms with Gasteiger partial charge in [-0.3, -0.25) is 9.36 Å². The van der Waals surface area contributed by atoms with Gasteiger partial charge in [0.1, 0.15) is 0 Å². The number of rotatable bonds is 4. The van der Waals surface area contributed by atoms with Gasteiger partial charge in [-0.05, 0) is 39.0 Å². The number of hydrogen-bond acceptors (Lipinski definition) is 5. The summed E-state index contributed by atoms with van der Waals surface area (Å²) < 4.78 is 4.05. The van der Waals surface area contributed by atoms with E-state index in [2.05, 4.69) is 38.7 Å². The summed E-state index contributed by atoms with van der Waals surface area (Å²) in [7, 11) is 0. The maximum absolute atomic E-state index is 4.84. The lowest BCUT2D eigenvalue weighted by Crippen LogP contribution is -2.20. The Morgan fingerprint density at radius 1 is 1.17 bits per heavy atom. The molecular formula is C17H21N7. The Kier molecular flexibility index (Phi) is 3.55. The summed E-state index contributed by atoms with van der Waals surface area (Å²) in [6.07, 6.45) is 3.77. The fourth-order valence-corrected chi connectivity index (χ4v) is 3.16. The van der Waals surface area contributed by atoms with Crippen molar-refractivity contribution < 1.29 is 0 Å². The van der Waals surface area contributed by atoms with Crippen LogP contribution in [0.2, 0.25) is 0 Å². The van der Waals surface area contributed by atoms with Gasteiger partial charge in [-0.1, -0.05) is 0 Å². The first-order valence-corrected chi connectivity index (χ1v) is 8.23. The van der Waals surface area contributed by atoms with E-state index in [-0.39, 0.29) is 0 Å². The van der Waals surface area contributed by atoms with Gasteiger partial charge in [0, 0.05) is 30.5 Å². The van der Waals surface area contributed by atoms with Crippen LogP contribution in [0.25, 0.3) is 0 Å². The van der Waals surface area contributed by atoms with Crippen LogP contribution in [0, 0.1) is 6.92 Å². The fraction of sp³-hybridized carbons (Fsp3) is 0.412. The quantitative estimate of drug-likeness (QED) is 0.737. The second-order valence-corrected chi connectivity index (χ2v) is 6.50. The first-order chi connectivity index (χ1) is 11.6. The lowest BCUT2D eigenvalue weighted by atomic mass is 10.2. The number of fused-ring (bicyclic) bond motifs is 1. The maximum Gasteiger partial charge on any atom is 0.151 e. The van der Waals surface area contributed by atoms with Gasteiger partial charge in [-0.2, -0.15) is 15.3 Å². The van der Waals surface area contributed by atoms with Crippen molar-refractivity contribution in [1.82, 2.24) is 29.8 Å². The second-order valence-electron chi connectivity index (χ2n) is 6.50. The number of aromatic nitrogens is 6. The standard InChI is InChI=1S/C17H21N7/c1-12(2)24-16-11-22(17-6-5-13(3)19-20-17)9-14(16)15(21-24)10-23-8-4-7-18-23/h4-8,12H,9-11H2,1-3H3. The summed E-state index contributed by atoms with van der Waals surface area (Å²) in [6.45, 7) is 8.61. The van der Waals surface area contributed by atoms with Crippen LogP contribution in [0.5, 0.6) is 0 Å². The van der Waals surface area contributed by atoms with Crippen molar-refractivity contribution in [3.63, 3.8) is 0 Å². The second kappa shape index (κ2) is 5.74. The van der Waals surface area contributed by atoms with Crippen LogP contribution in [-0.2, 0) is 19.6 Å². The topological polar surface area (TPSA) is 64.7 Å². The van der Waals surface area contributed by atoms with Gasteiger partial charge in [-0.25, -0.2) is 0 Å². The third-order valence-corrected chi connectivity index (χ3v) is 4.36. The molecule has 1 aliphatic heterocycles. The van der Waals surface area contributed by atoms with Crippen LogP contribution in [0.4, 0.5) is 5.82 Å². The highest BCUT2D eigenvalue weighted by Gasteiger charge is 2.29. The first-order valence-electron chi connectivity index (χ1n) is 8.23. The molecule has 0 N–H and O–H groups in total. The number of hydrogen-bond donors (Lipinski definition) is 0. The zero-order valence-electron chi connectivity index (χ0n) is 14.2. The molecule has 24 heavy (non-hydrogen) atoms. The Hall–Kier alpha value is -2.70. The first kappa shape index (κ1) is 14.9. The van der Waals surface area contributed by atoms with Crippen LogP contribution < -0.4 is 4.90 Å². The number of nitrogens with zero attached hydrogens (tertiary/aromatic N) is 7. The smallest absolute Gasteiger partial charge is 0.151 e. The van der Waals surface area contributed by atoms with Crippen LogP contribution in [-0.4, -0.2) is 29.8 Å². The monoisotopic (exact) mass is 323 g/mol. The minimum Gasteiger partial charge on any atom is -0.345 e. The molecule has 3 aromatic rings. The predicted octanol–water partition coefficient (Wildman–Crippen LogP) is 2.33. The molecule has 124 valence electrons. The average molecular weight is 323 g/mol. The molecule has 0 aromatic carbocycles. The van der Waals surface area contributed by atoms with Crippen molar-refractivity contribution in [2.75, 3.05) is 4.90 Å². The van der Waals surface area contributed by atoms with Crippen molar-refractivity contribution in [2.45, 2.75) is 46.4 Å². The predicted molar refractivity (Wildman–Crippen MR) is 90.6 cm³/mol. The largest absolute Gasteiger partial charge is 0.345 e. The molecule has 0 spiro atoms. The van der Waals surface area contributed by atoms with Gasteiger partial charge < -0.3 is 4.90 Å². The Bertz CT molecular complexity index is 831. The molecular weight excluding hydrogens is 302 g/mol. The van der Waals surface area contributed by atoms with Crippen molar-refractivity contribution >= 4 is 5.82 Å². The van der Waals surface area contributed by atoms with E-state index in [1.54, 1.807) is 6.20 Å². The summed E-state index contributed by atoms with van der Waals surface area (Å²) in [6, 6.07) is 6.31. The highest BCUT2D eigenvalue weighted by Crippen LogP contribution is 2.31. The van der Waals surface area contributed by atoms with Gasteiger partial charge in [-0.15, -0.1) is 5.10 Å². The Balaban J connectivity index is 1.67. The maximum atomic E-state index is 4.84. The molecule has 0 saturated heterocycles. The molecule has 4 heterocycles. The number of aryl methyl sites for hydroxylation is 1. The summed E-state index contributed by atoms with van der Waals surface area (Å²) in [5.41, 5.74) is 4.59. The summed E-state index contributed by atoms with van der Waals surface area (Å²) >= 11 is 0. The van der Waals surface area contributed by atoms with E-state index in [0.29, 0.717) is 12.6 Å².